The van der Waals surface area contributed by atoms with Gasteiger partial charge < -0.3 is 4.90 Å². The van der Waals surface area contributed by atoms with Crippen molar-refractivity contribution < 1.29 is 4.79 Å². The zero-order valence-corrected chi connectivity index (χ0v) is 20.3. The molecule has 0 spiro atoms. The van der Waals surface area contributed by atoms with E-state index in [-0.39, 0.29) is 11.8 Å². The first kappa shape index (κ1) is 23.0. The van der Waals surface area contributed by atoms with E-state index in [4.69, 9.17) is 5.10 Å². The monoisotopic (exact) mass is 465 g/mol. The molecule has 0 saturated carbocycles. The number of rotatable bonds is 6. The summed E-state index contributed by atoms with van der Waals surface area (Å²) in [6.45, 7) is 8.23. The number of piperazine rings is 1. The van der Waals surface area contributed by atoms with Crippen LogP contribution in [-0.2, 0) is 0 Å². The van der Waals surface area contributed by atoms with E-state index in [1.54, 1.807) is 6.20 Å². The number of fused-ring (bicyclic) bond motifs is 1. The van der Waals surface area contributed by atoms with Gasteiger partial charge in [-0.3, -0.25) is 9.69 Å². The van der Waals surface area contributed by atoms with Gasteiger partial charge in [0.2, 0.25) is 0 Å². The Kier molecular flexibility index (Phi) is 6.73. The molecule has 1 amide bonds. The van der Waals surface area contributed by atoms with Gasteiger partial charge in [0.1, 0.15) is 0 Å². The minimum absolute atomic E-state index is 0.0411. The summed E-state index contributed by atoms with van der Waals surface area (Å²) in [6.07, 6.45) is 6.09. The van der Waals surface area contributed by atoms with Crippen LogP contribution in [0.4, 0.5) is 0 Å². The smallest absolute Gasteiger partial charge is 0.257 e. The Bertz CT molecular complexity index is 1320. The topological polar surface area (TPSA) is 53.7 Å². The number of carbonyl (C=O) groups excluding carboxylic acids is 1. The van der Waals surface area contributed by atoms with E-state index in [1.165, 1.54) is 5.56 Å². The van der Waals surface area contributed by atoms with Gasteiger partial charge in [-0.1, -0.05) is 86.7 Å². The van der Waals surface area contributed by atoms with Crippen LogP contribution < -0.4 is 0 Å². The average molecular weight is 466 g/mol. The van der Waals surface area contributed by atoms with Crippen molar-refractivity contribution in [1.82, 2.24) is 24.4 Å². The third-order valence-corrected chi connectivity index (χ3v) is 6.50. The van der Waals surface area contributed by atoms with Crippen molar-refractivity contribution in [3.8, 4) is 11.3 Å². The fourth-order valence-electron chi connectivity index (χ4n) is 4.63. The van der Waals surface area contributed by atoms with Crippen LogP contribution in [0.3, 0.4) is 0 Å². The average Bonchev–Trinajstić information content (AvgIpc) is 3.33. The fraction of sp³-hybridized carbons (Fsp3) is 0.276. The van der Waals surface area contributed by atoms with E-state index in [9.17, 15) is 4.79 Å². The Morgan fingerprint density at radius 2 is 1.66 bits per heavy atom. The van der Waals surface area contributed by atoms with E-state index in [0.29, 0.717) is 18.7 Å². The van der Waals surface area contributed by atoms with Gasteiger partial charge in [0.05, 0.1) is 17.0 Å². The molecule has 6 heteroatoms. The van der Waals surface area contributed by atoms with Crippen molar-refractivity contribution in [2.45, 2.75) is 19.8 Å². The van der Waals surface area contributed by atoms with E-state index < -0.39 is 0 Å². The molecule has 2 aromatic heterocycles. The van der Waals surface area contributed by atoms with Crippen molar-refractivity contribution in [3.63, 3.8) is 0 Å². The van der Waals surface area contributed by atoms with Crippen LogP contribution in [0, 0.1) is 0 Å². The fourth-order valence-corrected chi connectivity index (χ4v) is 4.63. The minimum Gasteiger partial charge on any atom is -0.336 e. The number of hydrogen-bond donors (Lipinski definition) is 0. The zero-order valence-electron chi connectivity index (χ0n) is 20.3. The number of aromatic nitrogens is 3. The lowest BCUT2D eigenvalue weighted by Gasteiger charge is -2.34. The molecule has 35 heavy (non-hydrogen) atoms. The van der Waals surface area contributed by atoms with Crippen LogP contribution in [0.5, 0.6) is 0 Å². The maximum Gasteiger partial charge on any atom is 0.257 e. The van der Waals surface area contributed by atoms with Gasteiger partial charge in [0.15, 0.2) is 5.65 Å². The lowest BCUT2D eigenvalue weighted by molar-refractivity contribution is 0.0647. The number of hydrogen-bond acceptors (Lipinski definition) is 4. The van der Waals surface area contributed by atoms with Crippen molar-refractivity contribution in [2.24, 2.45) is 0 Å². The molecule has 1 saturated heterocycles. The lowest BCUT2D eigenvalue weighted by Crippen LogP contribution is -2.48. The Morgan fingerprint density at radius 1 is 0.971 bits per heavy atom. The van der Waals surface area contributed by atoms with Crippen LogP contribution in [0.15, 0.2) is 79.0 Å². The van der Waals surface area contributed by atoms with Crippen molar-refractivity contribution >= 4 is 17.6 Å². The summed E-state index contributed by atoms with van der Waals surface area (Å²) in [5.41, 5.74) is 5.43. The highest BCUT2D eigenvalue weighted by Gasteiger charge is 2.26. The minimum atomic E-state index is 0.0411. The molecule has 3 heterocycles. The van der Waals surface area contributed by atoms with Crippen LogP contribution >= 0.6 is 0 Å². The molecule has 6 nitrogen and oxygen atoms in total. The van der Waals surface area contributed by atoms with Crippen LogP contribution in [0.1, 0.15) is 41.4 Å². The highest BCUT2D eigenvalue weighted by atomic mass is 16.2. The molecule has 1 aliphatic heterocycles. The summed E-state index contributed by atoms with van der Waals surface area (Å²) >= 11 is 0. The number of benzene rings is 2. The molecule has 2 aromatic carbocycles. The molecule has 0 radical (unpaired) electrons. The second kappa shape index (κ2) is 10.2. The third kappa shape index (κ3) is 5.03. The van der Waals surface area contributed by atoms with Gasteiger partial charge in [0.25, 0.3) is 5.91 Å². The van der Waals surface area contributed by atoms with Crippen molar-refractivity contribution in [1.29, 1.82) is 0 Å². The van der Waals surface area contributed by atoms with Gasteiger partial charge in [-0.25, -0.2) is 9.50 Å². The molecular weight excluding hydrogens is 434 g/mol. The summed E-state index contributed by atoms with van der Waals surface area (Å²) < 4.78 is 1.85. The van der Waals surface area contributed by atoms with Gasteiger partial charge in [0, 0.05) is 50.6 Å². The molecule has 0 unspecified atom stereocenters. The normalized spacial score (nSPS) is 14.9. The predicted molar refractivity (Wildman–Crippen MR) is 140 cm³/mol. The summed E-state index contributed by atoms with van der Waals surface area (Å²) in [6, 6.07) is 22.4. The largest absolute Gasteiger partial charge is 0.336 e. The first-order valence-electron chi connectivity index (χ1n) is 12.3. The van der Waals surface area contributed by atoms with E-state index in [1.807, 2.05) is 64.0 Å². The highest BCUT2D eigenvalue weighted by molar-refractivity contribution is 5.95. The molecule has 178 valence electrons. The molecule has 1 fully saturated rings. The van der Waals surface area contributed by atoms with Crippen molar-refractivity contribution in [3.05, 3.63) is 95.8 Å². The summed E-state index contributed by atoms with van der Waals surface area (Å²) in [7, 11) is 0. The SMILES string of the molecule is CC(C)c1c(C(=O)N2CCN(CC=Cc3ccccc3)CC2)cnc2cc(-c3ccccc3)nn12. The van der Waals surface area contributed by atoms with Gasteiger partial charge >= 0.3 is 0 Å². The highest BCUT2D eigenvalue weighted by Crippen LogP contribution is 2.25. The van der Waals surface area contributed by atoms with Gasteiger partial charge in [-0.15, -0.1) is 0 Å². The standard InChI is InChI=1S/C29H31N5O/c1-22(2)28-25(21-30-27-20-26(31-34(27)28)24-13-7-4-8-14-24)29(35)33-18-16-32(17-19-33)15-9-12-23-10-5-3-6-11-23/h3-14,20-22H,15-19H2,1-2H3. The number of amides is 1. The lowest BCUT2D eigenvalue weighted by atomic mass is 10.0. The van der Waals surface area contributed by atoms with Crippen LogP contribution in [0.2, 0.25) is 0 Å². The van der Waals surface area contributed by atoms with E-state index in [2.05, 4.69) is 48.0 Å². The summed E-state index contributed by atoms with van der Waals surface area (Å²) in [4.78, 5) is 22.5. The Morgan fingerprint density at radius 3 is 2.34 bits per heavy atom. The van der Waals surface area contributed by atoms with Gasteiger partial charge in [-0.05, 0) is 11.5 Å². The third-order valence-electron chi connectivity index (χ3n) is 6.50. The maximum atomic E-state index is 13.6. The van der Waals surface area contributed by atoms with Crippen LogP contribution in [-0.4, -0.2) is 63.0 Å². The quantitative estimate of drug-likeness (QED) is 0.403. The summed E-state index contributed by atoms with van der Waals surface area (Å²) in [5.74, 6) is 0.173. The Balaban J connectivity index is 1.30. The molecule has 0 aliphatic carbocycles. The van der Waals surface area contributed by atoms with E-state index >= 15 is 0 Å². The Labute approximate surface area is 206 Å². The molecule has 5 rings (SSSR count). The summed E-state index contributed by atoms with van der Waals surface area (Å²) in [5, 5.41) is 4.83. The van der Waals surface area contributed by atoms with E-state index in [0.717, 1.165) is 42.2 Å². The van der Waals surface area contributed by atoms with Gasteiger partial charge in [-0.2, -0.15) is 5.10 Å². The molecule has 0 bridgehead atoms. The maximum absolute atomic E-state index is 13.6. The first-order valence-corrected chi connectivity index (χ1v) is 12.3. The zero-order chi connectivity index (χ0) is 24.2. The molecule has 0 N–H and O–H groups in total. The molecule has 4 aromatic rings. The Hall–Kier alpha value is -3.77. The first-order chi connectivity index (χ1) is 17.1. The predicted octanol–water partition coefficient (Wildman–Crippen LogP) is 4.99. The molecular formula is C29H31N5O. The van der Waals surface area contributed by atoms with Crippen LogP contribution in [0.25, 0.3) is 23.0 Å². The second-order valence-electron chi connectivity index (χ2n) is 9.28. The number of nitrogens with zero attached hydrogens (tertiary/aromatic N) is 5. The second-order valence-corrected chi connectivity index (χ2v) is 9.28. The van der Waals surface area contributed by atoms with Crippen molar-refractivity contribution in [2.75, 3.05) is 32.7 Å². The molecule has 1 aliphatic rings. The number of carbonyl (C=O) groups is 1. The molecule has 0 atom stereocenters.